The molecule has 32 heavy (non-hydrogen) atoms. The van der Waals surface area contributed by atoms with Crippen LogP contribution < -0.4 is 15.8 Å². The first-order chi connectivity index (χ1) is 15.3. The molecule has 0 aliphatic carbocycles. The molecule has 0 aliphatic rings. The number of nitrogens with two attached hydrogens (primary N) is 1. The summed E-state index contributed by atoms with van der Waals surface area (Å²) in [5.41, 5.74) is 8.97. The molecule has 3 N–H and O–H groups in total. The Labute approximate surface area is 190 Å². The Kier molecular flexibility index (Phi) is 7.94. The molecule has 2 aromatic heterocycles. The van der Waals surface area contributed by atoms with Crippen LogP contribution in [0, 0.1) is 11.8 Å². The van der Waals surface area contributed by atoms with E-state index in [1.807, 2.05) is 26.0 Å². The second-order valence-electron chi connectivity index (χ2n) is 9.31. The molecule has 1 amide bonds. The van der Waals surface area contributed by atoms with Crippen molar-refractivity contribution in [3.8, 4) is 5.75 Å². The maximum Gasteiger partial charge on any atom is 0.220 e. The van der Waals surface area contributed by atoms with E-state index in [-0.39, 0.29) is 5.91 Å². The first-order valence-electron chi connectivity index (χ1n) is 11.8. The summed E-state index contributed by atoms with van der Waals surface area (Å²) >= 11 is 0. The maximum absolute atomic E-state index is 11.7. The quantitative estimate of drug-likeness (QED) is 0.422. The van der Waals surface area contributed by atoms with E-state index in [2.05, 4.69) is 41.7 Å². The van der Waals surface area contributed by atoms with Crippen molar-refractivity contribution in [2.75, 3.05) is 18.9 Å². The molecule has 0 radical (unpaired) electrons. The van der Waals surface area contributed by atoms with Gasteiger partial charge in [0.2, 0.25) is 5.91 Å². The van der Waals surface area contributed by atoms with Crippen LogP contribution in [0.4, 0.5) is 5.82 Å². The number of imidazole rings is 1. The van der Waals surface area contributed by atoms with Crippen LogP contribution in [0.1, 0.15) is 59.7 Å². The van der Waals surface area contributed by atoms with Crippen molar-refractivity contribution in [2.24, 2.45) is 11.8 Å². The van der Waals surface area contributed by atoms with Gasteiger partial charge in [0.25, 0.3) is 0 Å². The fourth-order valence-corrected chi connectivity index (χ4v) is 3.94. The van der Waals surface area contributed by atoms with E-state index in [1.165, 1.54) is 0 Å². The predicted molar refractivity (Wildman–Crippen MR) is 131 cm³/mol. The minimum Gasteiger partial charge on any atom is -0.493 e. The maximum atomic E-state index is 11.7. The number of carbonyl (C=O) groups is 1. The standard InChI is InChI=1S/C25H37N5O2/c1-6-8-21-29-23-24(30(21)15-17(4)5)19-10-9-18(14-20(19)28-25(23)26)32-12-7-11-27-22(31)13-16(2)3/h9-10,14,16-17H,6-8,11-13,15H2,1-5H3,(H2,26,28)(H,27,31). The van der Waals surface area contributed by atoms with Crippen LogP contribution in [0.25, 0.3) is 21.9 Å². The number of rotatable bonds is 11. The molecule has 2 heterocycles. The number of nitrogens with one attached hydrogen (secondary N) is 1. The van der Waals surface area contributed by atoms with E-state index >= 15 is 0 Å². The largest absolute Gasteiger partial charge is 0.493 e. The van der Waals surface area contributed by atoms with Crippen LogP contribution in [0.2, 0.25) is 0 Å². The smallest absolute Gasteiger partial charge is 0.220 e. The fourth-order valence-electron chi connectivity index (χ4n) is 3.94. The van der Waals surface area contributed by atoms with E-state index in [9.17, 15) is 4.79 Å². The molecule has 7 heteroatoms. The Bertz CT molecular complexity index is 1070. The van der Waals surface area contributed by atoms with Gasteiger partial charge in [0.05, 0.1) is 17.6 Å². The average Bonchev–Trinajstić information content (AvgIpc) is 3.06. The summed E-state index contributed by atoms with van der Waals surface area (Å²) in [6.07, 6.45) is 3.25. The molecule has 3 rings (SSSR count). The number of hydrogen-bond acceptors (Lipinski definition) is 5. The van der Waals surface area contributed by atoms with E-state index in [1.54, 1.807) is 0 Å². The summed E-state index contributed by atoms with van der Waals surface area (Å²) in [4.78, 5) is 21.2. The minimum absolute atomic E-state index is 0.0925. The number of hydrogen-bond donors (Lipinski definition) is 2. The molecule has 0 saturated heterocycles. The number of amides is 1. The summed E-state index contributed by atoms with van der Waals surface area (Å²) in [6, 6.07) is 5.97. The van der Waals surface area contributed by atoms with Gasteiger partial charge in [-0.2, -0.15) is 0 Å². The zero-order valence-corrected chi connectivity index (χ0v) is 20.1. The average molecular weight is 440 g/mol. The van der Waals surface area contributed by atoms with Crippen molar-refractivity contribution in [1.29, 1.82) is 0 Å². The van der Waals surface area contributed by atoms with Gasteiger partial charge < -0.3 is 20.4 Å². The SMILES string of the molecule is CCCc1nc2c(N)nc3cc(OCCCNC(=O)CC(C)C)ccc3c2n1CC(C)C. The van der Waals surface area contributed by atoms with Gasteiger partial charge in [0, 0.05) is 37.4 Å². The lowest BCUT2D eigenvalue weighted by molar-refractivity contribution is -0.121. The van der Waals surface area contributed by atoms with Crippen LogP contribution >= 0.6 is 0 Å². The van der Waals surface area contributed by atoms with Crippen LogP contribution in [-0.4, -0.2) is 33.6 Å². The number of aryl methyl sites for hydroxylation is 1. The third kappa shape index (κ3) is 5.69. The molecular weight excluding hydrogens is 402 g/mol. The third-order valence-electron chi connectivity index (χ3n) is 5.28. The van der Waals surface area contributed by atoms with Crippen molar-refractivity contribution < 1.29 is 9.53 Å². The van der Waals surface area contributed by atoms with Gasteiger partial charge in [-0.15, -0.1) is 0 Å². The summed E-state index contributed by atoms with van der Waals surface area (Å²) in [5.74, 6) is 3.23. The highest BCUT2D eigenvalue weighted by Crippen LogP contribution is 2.31. The van der Waals surface area contributed by atoms with E-state index in [0.29, 0.717) is 37.2 Å². The van der Waals surface area contributed by atoms with Crippen molar-refractivity contribution in [3.05, 3.63) is 24.0 Å². The Hall–Kier alpha value is -2.83. The molecule has 0 aliphatic heterocycles. The zero-order chi connectivity index (χ0) is 23.3. The fraction of sp³-hybridized carbons (Fsp3) is 0.560. The van der Waals surface area contributed by atoms with Gasteiger partial charge in [-0.1, -0.05) is 34.6 Å². The monoisotopic (exact) mass is 439 g/mol. The van der Waals surface area contributed by atoms with Crippen LogP contribution in [-0.2, 0) is 17.8 Å². The molecule has 0 atom stereocenters. The number of anilines is 1. The van der Waals surface area contributed by atoms with Gasteiger partial charge in [-0.25, -0.2) is 9.97 Å². The summed E-state index contributed by atoms with van der Waals surface area (Å²) in [7, 11) is 0. The predicted octanol–water partition coefficient (Wildman–Crippen LogP) is 4.71. The van der Waals surface area contributed by atoms with Gasteiger partial charge in [0.15, 0.2) is 5.82 Å². The first-order valence-corrected chi connectivity index (χ1v) is 11.8. The Morgan fingerprint density at radius 2 is 1.97 bits per heavy atom. The molecule has 7 nitrogen and oxygen atoms in total. The van der Waals surface area contributed by atoms with E-state index in [0.717, 1.165) is 59.3 Å². The molecule has 0 saturated carbocycles. The topological polar surface area (TPSA) is 95.1 Å². The van der Waals surface area contributed by atoms with E-state index in [4.69, 9.17) is 15.5 Å². The number of nitrogens with zero attached hydrogens (tertiary/aromatic N) is 3. The number of nitrogen functional groups attached to an aromatic ring is 1. The van der Waals surface area contributed by atoms with Crippen molar-refractivity contribution in [2.45, 2.75) is 66.8 Å². The van der Waals surface area contributed by atoms with Gasteiger partial charge >= 0.3 is 0 Å². The third-order valence-corrected chi connectivity index (χ3v) is 5.28. The number of ether oxygens (including phenoxy) is 1. The molecular formula is C25H37N5O2. The highest BCUT2D eigenvalue weighted by molar-refractivity contribution is 6.06. The molecule has 0 spiro atoms. The van der Waals surface area contributed by atoms with Crippen molar-refractivity contribution >= 4 is 33.7 Å². The lowest BCUT2D eigenvalue weighted by Crippen LogP contribution is -2.26. The highest BCUT2D eigenvalue weighted by atomic mass is 16.5. The molecule has 0 fully saturated rings. The summed E-state index contributed by atoms with van der Waals surface area (Å²) < 4.78 is 8.22. The van der Waals surface area contributed by atoms with Gasteiger partial charge in [-0.05, 0) is 36.8 Å². The number of benzene rings is 1. The second kappa shape index (κ2) is 10.7. The normalized spacial score (nSPS) is 11.7. The van der Waals surface area contributed by atoms with Gasteiger partial charge in [0.1, 0.15) is 17.1 Å². The lowest BCUT2D eigenvalue weighted by Gasteiger charge is -2.13. The second-order valence-corrected chi connectivity index (χ2v) is 9.31. The van der Waals surface area contributed by atoms with Crippen LogP contribution in [0.3, 0.4) is 0 Å². The molecule has 174 valence electrons. The van der Waals surface area contributed by atoms with Gasteiger partial charge in [-0.3, -0.25) is 4.79 Å². The molecule has 0 bridgehead atoms. The van der Waals surface area contributed by atoms with E-state index < -0.39 is 0 Å². The van der Waals surface area contributed by atoms with Crippen LogP contribution in [0.5, 0.6) is 5.75 Å². The molecule has 1 aromatic carbocycles. The minimum atomic E-state index is 0.0925. The Morgan fingerprint density at radius 3 is 2.66 bits per heavy atom. The summed E-state index contributed by atoms with van der Waals surface area (Å²) in [6.45, 7) is 12.7. The summed E-state index contributed by atoms with van der Waals surface area (Å²) in [5, 5.41) is 3.97. The molecule has 0 unspecified atom stereocenters. The number of aromatic nitrogens is 3. The van der Waals surface area contributed by atoms with Crippen molar-refractivity contribution in [1.82, 2.24) is 19.9 Å². The highest BCUT2D eigenvalue weighted by Gasteiger charge is 2.18. The lowest BCUT2D eigenvalue weighted by atomic mass is 10.1. The number of fused-ring (bicyclic) bond motifs is 3. The van der Waals surface area contributed by atoms with Crippen LogP contribution in [0.15, 0.2) is 18.2 Å². The van der Waals surface area contributed by atoms with Crippen molar-refractivity contribution in [3.63, 3.8) is 0 Å². The first kappa shape index (κ1) is 23.8. The Morgan fingerprint density at radius 1 is 1.19 bits per heavy atom. The number of carbonyl (C=O) groups excluding carboxylic acids is 1. The Balaban J connectivity index is 1.78. The molecule has 3 aromatic rings. The zero-order valence-electron chi connectivity index (χ0n) is 20.1. The number of pyridine rings is 1.